The maximum atomic E-state index is 12.7. The van der Waals surface area contributed by atoms with E-state index in [1.165, 1.54) is 6.20 Å². The molecule has 0 aliphatic carbocycles. The minimum Gasteiger partial charge on any atom is -0.363 e. The van der Waals surface area contributed by atoms with Crippen LogP contribution in [0.25, 0.3) is 5.82 Å². The van der Waals surface area contributed by atoms with Crippen molar-refractivity contribution in [3.05, 3.63) is 45.5 Å². The minimum absolute atomic E-state index is 0.0214. The number of likely N-dealkylation sites (N-methyl/N-ethyl adjacent to an activating group) is 1. The summed E-state index contributed by atoms with van der Waals surface area (Å²) in [5.41, 5.74) is -0.987. The van der Waals surface area contributed by atoms with Crippen LogP contribution in [0, 0.1) is 5.92 Å². The quantitative estimate of drug-likeness (QED) is 0.771. The van der Waals surface area contributed by atoms with Gasteiger partial charge in [-0.2, -0.15) is 23.0 Å². The van der Waals surface area contributed by atoms with Crippen molar-refractivity contribution in [3.63, 3.8) is 0 Å². The van der Waals surface area contributed by atoms with E-state index in [4.69, 9.17) is 11.6 Å². The number of pyridine rings is 1. The van der Waals surface area contributed by atoms with Crippen molar-refractivity contribution in [2.75, 3.05) is 31.6 Å². The molecule has 10 heteroatoms. The van der Waals surface area contributed by atoms with Crippen LogP contribution in [-0.2, 0) is 6.18 Å². The molecule has 0 amide bonds. The van der Waals surface area contributed by atoms with Crippen molar-refractivity contribution in [3.8, 4) is 5.82 Å². The van der Waals surface area contributed by atoms with Gasteiger partial charge >= 0.3 is 6.18 Å². The Hall–Kier alpha value is -2.13. The Labute approximate surface area is 165 Å². The Morgan fingerprint density at radius 3 is 2.50 bits per heavy atom. The molecule has 0 N–H and O–H groups in total. The van der Waals surface area contributed by atoms with Crippen LogP contribution < -0.4 is 10.5 Å². The molecule has 0 aromatic carbocycles. The number of rotatable bonds is 3. The van der Waals surface area contributed by atoms with Crippen LogP contribution >= 0.6 is 11.6 Å². The lowest BCUT2D eigenvalue weighted by Gasteiger charge is -2.43. The summed E-state index contributed by atoms with van der Waals surface area (Å²) in [6.45, 7) is 6.56. The van der Waals surface area contributed by atoms with Gasteiger partial charge in [-0.3, -0.25) is 4.79 Å². The fraction of sp³-hybridized carbons (Fsp3) is 0.500. The molecular formula is C18H21ClF3N5O. The minimum atomic E-state index is -4.50. The number of hydrogen-bond acceptors (Lipinski definition) is 5. The van der Waals surface area contributed by atoms with Crippen LogP contribution in [-0.4, -0.2) is 52.4 Å². The first-order valence-electron chi connectivity index (χ1n) is 8.86. The lowest BCUT2D eigenvalue weighted by atomic mass is 9.99. The van der Waals surface area contributed by atoms with Gasteiger partial charge in [-0.15, -0.1) is 0 Å². The molecule has 3 rings (SSSR count). The van der Waals surface area contributed by atoms with Gasteiger partial charge in [0.1, 0.15) is 5.02 Å². The fourth-order valence-electron chi connectivity index (χ4n) is 3.29. The van der Waals surface area contributed by atoms with E-state index in [1.807, 2.05) is 7.05 Å². The summed E-state index contributed by atoms with van der Waals surface area (Å²) in [7, 11) is 2.04. The monoisotopic (exact) mass is 415 g/mol. The molecule has 0 spiro atoms. The first-order chi connectivity index (χ1) is 13.1. The summed E-state index contributed by atoms with van der Waals surface area (Å²) >= 11 is 6.36. The van der Waals surface area contributed by atoms with Gasteiger partial charge < -0.3 is 9.80 Å². The van der Waals surface area contributed by atoms with E-state index in [2.05, 4.69) is 33.7 Å². The van der Waals surface area contributed by atoms with Crippen molar-refractivity contribution in [1.82, 2.24) is 19.7 Å². The van der Waals surface area contributed by atoms with Gasteiger partial charge in [0.2, 0.25) is 0 Å². The lowest BCUT2D eigenvalue weighted by Crippen LogP contribution is -2.54. The second-order valence-corrected chi connectivity index (χ2v) is 7.61. The van der Waals surface area contributed by atoms with Gasteiger partial charge in [0, 0.05) is 31.9 Å². The van der Waals surface area contributed by atoms with Crippen molar-refractivity contribution in [1.29, 1.82) is 0 Å². The Balaban J connectivity index is 1.96. The number of aromatic nitrogens is 3. The zero-order chi connectivity index (χ0) is 20.6. The molecule has 1 aliphatic rings. The van der Waals surface area contributed by atoms with E-state index in [9.17, 15) is 18.0 Å². The molecule has 3 heterocycles. The van der Waals surface area contributed by atoms with Gasteiger partial charge in [-0.05, 0) is 25.1 Å². The molecule has 1 fully saturated rings. The van der Waals surface area contributed by atoms with E-state index < -0.39 is 17.3 Å². The van der Waals surface area contributed by atoms with E-state index in [-0.39, 0.29) is 16.9 Å². The molecule has 0 saturated carbocycles. The van der Waals surface area contributed by atoms with Crippen molar-refractivity contribution < 1.29 is 13.2 Å². The SMILES string of the molecule is CC(C)C1CN(C)CCN1c1cnn(-c2ccc(C(F)(F)F)cn2)c(=O)c1Cl. The smallest absolute Gasteiger partial charge is 0.363 e. The standard InChI is InChI=1S/C18H21ClF3N5O/c1-11(2)14-10-25(3)6-7-26(14)13-9-24-27(17(28)16(13)19)15-5-4-12(8-23-15)18(20,21)22/h4-5,8-9,11,14H,6-7,10H2,1-3H3. The third-order valence-electron chi connectivity index (χ3n) is 4.89. The molecule has 1 aliphatic heterocycles. The highest BCUT2D eigenvalue weighted by molar-refractivity contribution is 6.33. The predicted molar refractivity (Wildman–Crippen MR) is 101 cm³/mol. The molecule has 6 nitrogen and oxygen atoms in total. The highest BCUT2D eigenvalue weighted by atomic mass is 35.5. The molecular weight excluding hydrogens is 395 g/mol. The van der Waals surface area contributed by atoms with Crippen LogP contribution in [0.5, 0.6) is 0 Å². The lowest BCUT2D eigenvalue weighted by molar-refractivity contribution is -0.137. The van der Waals surface area contributed by atoms with Gasteiger partial charge in [-0.25, -0.2) is 4.98 Å². The van der Waals surface area contributed by atoms with Crippen LogP contribution in [0.4, 0.5) is 18.9 Å². The molecule has 0 bridgehead atoms. The van der Waals surface area contributed by atoms with Gasteiger partial charge in [0.25, 0.3) is 5.56 Å². The normalized spacial score (nSPS) is 18.7. The predicted octanol–water partition coefficient (Wildman–Crippen LogP) is 3.08. The van der Waals surface area contributed by atoms with E-state index in [1.54, 1.807) is 0 Å². The Morgan fingerprint density at radius 1 is 1.21 bits per heavy atom. The average molecular weight is 416 g/mol. The third-order valence-corrected chi connectivity index (χ3v) is 5.25. The van der Waals surface area contributed by atoms with Gasteiger partial charge in [-0.1, -0.05) is 25.4 Å². The molecule has 1 atom stereocenters. The first-order valence-corrected chi connectivity index (χ1v) is 9.24. The molecule has 0 radical (unpaired) electrons. The van der Waals surface area contributed by atoms with Crippen molar-refractivity contribution in [2.24, 2.45) is 5.92 Å². The maximum Gasteiger partial charge on any atom is 0.417 e. The highest BCUT2D eigenvalue weighted by Gasteiger charge is 2.32. The molecule has 28 heavy (non-hydrogen) atoms. The fourth-order valence-corrected chi connectivity index (χ4v) is 3.53. The van der Waals surface area contributed by atoms with E-state index >= 15 is 0 Å². The summed E-state index contributed by atoms with van der Waals surface area (Å²) in [6.07, 6.45) is -2.36. The van der Waals surface area contributed by atoms with Crippen LogP contribution in [0.15, 0.2) is 29.3 Å². The van der Waals surface area contributed by atoms with Crippen LogP contribution in [0.2, 0.25) is 5.02 Å². The number of anilines is 1. The highest BCUT2D eigenvalue weighted by Crippen LogP contribution is 2.30. The van der Waals surface area contributed by atoms with Crippen LogP contribution in [0.1, 0.15) is 19.4 Å². The van der Waals surface area contributed by atoms with Crippen molar-refractivity contribution >= 4 is 17.3 Å². The number of halogens is 4. The average Bonchev–Trinajstić information content (AvgIpc) is 2.63. The summed E-state index contributed by atoms with van der Waals surface area (Å²) in [5.74, 6) is 0.308. The summed E-state index contributed by atoms with van der Waals surface area (Å²) in [6, 6.07) is 2.12. The number of piperazine rings is 1. The summed E-state index contributed by atoms with van der Waals surface area (Å²) in [5, 5.41) is 4.09. The van der Waals surface area contributed by atoms with Gasteiger partial charge in [0.15, 0.2) is 5.82 Å². The molecule has 152 valence electrons. The Bertz CT molecular complexity index is 898. The van der Waals surface area contributed by atoms with Crippen LogP contribution in [0.3, 0.4) is 0 Å². The first kappa shape index (κ1) is 20.6. The zero-order valence-electron chi connectivity index (χ0n) is 15.7. The van der Waals surface area contributed by atoms with Crippen molar-refractivity contribution in [2.45, 2.75) is 26.1 Å². The molecule has 2 aromatic heterocycles. The summed E-state index contributed by atoms with van der Waals surface area (Å²) < 4.78 is 39.0. The Kier molecular flexibility index (Phi) is 5.67. The number of nitrogens with zero attached hydrogens (tertiary/aromatic N) is 5. The maximum absolute atomic E-state index is 12.7. The molecule has 1 saturated heterocycles. The second-order valence-electron chi connectivity index (χ2n) is 7.23. The topological polar surface area (TPSA) is 54.3 Å². The molecule has 2 aromatic rings. The van der Waals surface area contributed by atoms with E-state index in [0.717, 1.165) is 29.9 Å². The van der Waals surface area contributed by atoms with E-state index in [0.29, 0.717) is 24.3 Å². The number of alkyl halides is 3. The molecule has 1 unspecified atom stereocenters. The Morgan fingerprint density at radius 2 is 1.93 bits per heavy atom. The second kappa shape index (κ2) is 7.71. The number of hydrogen-bond donors (Lipinski definition) is 0. The zero-order valence-corrected chi connectivity index (χ0v) is 16.5. The van der Waals surface area contributed by atoms with Gasteiger partial charge in [0.05, 0.1) is 17.4 Å². The summed E-state index contributed by atoms with van der Waals surface area (Å²) in [4.78, 5) is 20.7. The largest absolute Gasteiger partial charge is 0.417 e. The third kappa shape index (κ3) is 4.00.